The zero-order valence-electron chi connectivity index (χ0n) is 9.91. The van der Waals surface area contributed by atoms with E-state index in [0.717, 1.165) is 24.3 Å². The maximum absolute atomic E-state index is 10.9. The summed E-state index contributed by atoms with van der Waals surface area (Å²) in [4.78, 5) is 15.7. The van der Waals surface area contributed by atoms with Crippen molar-refractivity contribution < 1.29 is 9.90 Å². The molecule has 3 aliphatic rings. The van der Waals surface area contributed by atoms with Crippen LogP contribution in [0.3, 0.4) is 0 Å². The van der Waals surface area contributed by atoms with Crippen LogP contribution < -0.4 is 11.1 Å². The van der Waals surface area contributed by atoms with Gasteiger partial charge in [0.1, 0.15) is 11.4 Å². The van der Waals surface area contributed by atoms with Gasteiger partial charge in [0, 0.05) is 17.0 Å². The average molecular weight is 287 g/mol. The lowest BCUT2D eigenvalue weighted by molar-refractivity contribution is -0.138. The molecule has 2 heterocycles. The average Bonchev–Trinajstić information content (AvgIpc) is 2.93. The molecule has 7 heteroatoms. The van der Waals surface area contributed by atoms with Crippen molar-refractivity contribution in [3.63, 3.8) is 0 Å². The summed E-state index contributed by atoms with van der Waals surface area (Å²) in [6, 6.07) is 0.272. The molecular weight excluding hydrogens is 270 g/mol. The number of thioether (sulfide) groups is 2. The molecule has 4 unspecified atom stereocenters. The van der Waals surface area contributed by atoms with E-state index in [1.165, 1.54) is 0 Å². The van der Waals surface area contributed by atoms with E-state index in [1.54, 1.807) is 23.5 Å². The molecule has 0 aromatic rings. The lowest BCUT2D eigenvalue weighted by Crippen LogP contribution is -2.39. The summed E-state index contributed by atoms with van der Waals surface area (Å²) in [7, 11) is 0. The molecule has 0 amide bonds. The van der Waals surface area contributed by atoms with Gasteiger partial charge in [0.15, 0.2) is 0 Å². The number of nitrogens with zero attached hydrogens (tertiary/aromatic N) is 1. The van der Waals surface area contributed by atoms with E-state index in [9.17, 15) is 4.79 Å². The Morgan fingerprint density at radius 2 is 2.33 bits per heavy atom. The summed E-state index contributed by atoms with van der Waals surface area (Å²) in [6.07, 6.45) is 3.16. The summed E-state index contributed by atoms with van der Waals surface area (Å²) < 4.78 is 0. The van der Waals surface area contributed by atoms with Gasteiger partial charge in [-0.05, 0) is 19.3 Å². The molecule has 0 aromatic carbocycles. The number of aliphatic carboxylic acids is 1. The van der Waals surface area contributed by atoms with Crippen LogP contribution in [0.15, 0.2) is 4.99 Å². The molecule has 2 fully saturated rings. The zero-order chi connectivity index (χ0) is 12.7. The number of hydrogen-bond acceptors (Lipinski definition) is 6. The number of rotatable bonds is 2. The lowest BCUT2D eigenvalue weighted by atomic mass is 9.92. The van der Waals surface area contributed by atoms with Crippen molar-refractivity contribution in [3.05, 3.63) is 0 Å². The van der Waals surface area contributed by atoms with Crippen molar-refractivity contribution >= 4 is 34.5 Å². The van der Waals surface area contributed by atoms with Gasteiger partial charge in [-0.2, -0.15) is 0 Å². The standard InChI is InChI=1S/C11H17N3O2S2/c12-5-1-2-6-8(3-5)18-10(13-6)9-14-7(4-17-9)11(15)16/h5-9,14H,1-4,12H2,(H,15,16)/t5?,6?,7-,8?,9?/m1/s1. The molecule has 0 spiro atoms. The van der Waals surface area contributed by atoms with Gasteiger partial charge in [-0.15, -0.1) is 23.5 Å². The van der Waals surface area contributed by atoms with E-state index < -0.39 is 12.0 Å². The van der Waals surface area contributed by atoms with Crippen LogP contribution in [0.4, 0.5) is 0 Å². The quantitative estimate of drug-likeness (QED) is 0.685. The third-order valence-corrected chi connectivity index (χ3v) is 6.43. The number of carboxylic acid groups (broad SMARTS) is 1. The second-order valence-corrected chi connectivity index (χ2v) is 7.43. The van der Waals surface area contributed by atoms with Gasteiger partial charge < -0.3 is 10.8 Å². The van der Waals surface area contributed by atoms with Gasteiger partial charge in [0.2, 0.25) is 0 Å². The highest BCUT2D eigenvalue weighted by Gasteiger charge is 2.40. The van der Waals surface area contributed by atoms with Crippen molar-refractivity contribution in [3.8, 4) is 0 Å². The third-order valence-electron chi connectivity index (χ3n) is 3.67. The van der Waals surface area contributed by atoms with Gasteiger partial charge in [0.25, 0.3) is 0 Å². The molecule has 1 saturated heterocycles. The molecule has 1 aliphatic carbocycles. The number of aliphatic imine (C=N–C) groups is 1. The Bertz CT molecular complexity index is 390. The fourth-order valence-corrected chi connectivity index (χ4v) is 5.51. The minimum atomic E-state index is -0.770. The van der Waals surface area contributed by atoms with Crippen LogP contribution in [0, 0.1) is 0 Å². The van der Waals surface area contributed by atoms with Crippen LogP contribution in [0.2, 0.25) is 0 Å². The molecule has 18 heavy (non-hydrogen) atoms. The Balaban J connectivity index is 1.63. The summed E-state index contributed by atoms with van der Waals surface area (Å²) in [5.74, 6) is -0.151. The molecule has 5 atom stereocenters. The zero-order valence-corrected chi connectivity index (χ0v) is 11.5. The molecule has 1 saturated carbocycles. The van der Waals surface area contributed by atoms with Crippen LogP contribution in [0.5, 0.6) is 0 Å². The van der Waals surface area contributed by atoms with Crippen molar-refractivity contribution in [1.82, 2.24) is 5.32 Å². The minimum Gasteiger partial charge on any atom is -0.480 e. The molecule has 0 bridgehead atoms. The number of fused-ring (bicyclic) bond motifs is 1. The molecule has 0 aromatic heterocycles. The Morgan fingerprint density at radius 3 is 3.06 bits per heavy atom. The van der Waals surface area contributed by atoms with E-state index in [4.69, 9.17) is 15.8 Å². The van der Waals surface area contributed by atoms with Gasteiger partial charge in [-0.3, -0.25) is 15.1 Å². The first kappa shape index (κ1) is 12.8. The van der Waals surface area contributed by atoms with Crippen LogP contribution in [-0.2, 0) is 4.79 Å². The highest BCUT2D eigenvalue weighted by molar-refractivity contribution is 8.17. The lowest BCUT2D eigenvalue weighted by Gasteiger charge is -2.27. The molecule has 100 valence electrons. The third kappa shape index (κ3) is 2.41. The first-order valence-electron chi connectivity index (χ1n) is 6.24. The molecule has 2 aliphatic heterocycles. The van der Waals surface area contributed by atoms with Gasteiger partial charge >= 0.3 is 5.97 Å². The predicted molar refractivity (Wildman–Crippen MR) is 75.2 cm³/mol. The Morgan fingerprint density at radius 1 is 1.50 bits per heavy atom. The van der Waals surface area contributed by atoms with Crippen molar-refractivity contribution in [2.75, 3.05) is 5.75 Å². The number of carboxylic acids is 1. The highest BCUT2D eigenvalue weighted by Crippen LogP contribution is 2.40. The van der Waals surface area contributed by atoms with Crippen molar-refractivity contribution in [2.45, 2.75) is 48.0 Å². The highest BCUT2D eigenvalue weighted by atomic mass is 32.2. The van der Waals surface area contributed by atoms with Gasteiger partial charge in [-0.25, -0.2) is 0 Å². The maximum atomic E-state index is 10.9. The van der Waals surface area contributed by atoms with Crippen molar-refractivity contribution in [1.29, 1.82) is 0 Å². The molecule has 4 N–H and O–H groups in total. The van der Waals surface area contributed by atoms with E-state index in [2.05, 4.69) is 5.32 Å². The molecule has 0 radical (unpaired) electrons. The molecule has 3 rings (SSSR count). The van der Waals surface area contributed by atoms with E-state index >= 15 is 0 Å². The second-order valence-electron chi connectivity index (χ2n) is 5.03. The maximum Gasteiger partial charge on any atom is 0.321 e. The second kappa shape index (κ2) is 5.03. The van der Waals surface area contributed by atoms with Gasteiger partial charge in [0.05, 0.1) is 11.1 Å². The van der Waals surface area contributed by atoms with Crippen molar-refractivity contribution in [2.24, 2.45) is 10.7 Å². The van der Waals surface area contributed by atoms with Crippen LogP contribution in [-0.4, -0.2) is 50.6 Å². The SMILES string of the molecule is NC1CCC2N=C(C3N[C@@H](C(=O)O)CS3)SC2C1. The van der Waals surface area contributed by atoms with E-state index in [0.29, 0.717) is 23.1 Å². The van der Waals surface area contributed by atoms with Crippen LogP contribution in [0.1, 0.15) is 19.3 Å². The summed E-state index contributed by atoms with van der Waals surface area (Å²) in [5, 5.41) is 13.8. The number of nitrogens with two attached hydrogens (primary N) is 1. The number of carbonyl (C=O) groups is 1. The monoisotopic (exact) mass is 287 g/mol. The number of nitrogens with one attached hydrogen (secondary N) is 1. The fraction of sp³-hybridized carbons (Fsp3) is 0.818. The molecular formula is C11H17N3O2S2. The fourth-order valence-electron chi connectivity index (χ4n) is 2.65. The van der Waals surface area contributed by atoms with E-state index in [-0.39, 0.29) is 5.37 Å². The van der Waals surface area contributed by atoms with Crippen LogP contribution in [0.25, 0.3) is 0 Å². The van der Waals surface area contributed by atoms with Crippen LogP contribution >= 0.6 is 23.5 Å². The Hall–Kier alpha value is -0.240. The normalized spacial score (nSPS) is 43.6. The Kier molecular flexibility index (Phi) is 3.57. The Labute approximate surface area is 114 Å². The first-order chi connectivity index (χ1) is 8.63. The van der Waals surface area contributed by atoms with E-state index in [1.807, 2.05) is 0 Å². The minimum absolute atomic E-state index is 0.0675. The molecule has 5 nitrogen and oxygen atoms in total. The number of hydrogen-bond donors (Lipinski definition) is 3. The summed E-state index contributed by atoms with van der Waals surface area (Å²) >= 11 is 3.45. The topological polar surface area (TPSA) is 87.7 Å². The first-order valence-corrected chi connectivity index (χ1v) is 8.16. The summed E-state index contributed by atoms with van der Waals surface area (Å²) in [6.45, 7) is 0. The predicted octanol–water partition coefficient (Wildman–Crippen LogP) is 0.496. The smallest absolute Gasteiger partial charge is 0.321 e. The largest absolute Gasteiger partial charge is 0.480 e. The van der Waals surface area contributed by atoms with Gasteiger partial charge in [-0.1, -0.05) is 0 Å². The summed E-state index contributed by atoms with van der Waals surface area (Å²) in [5.41, 5.74) is 5.99.